The highest BCUT2D eigenvalue weighted by atomic mass is 16.3. The number of hydrogen-bond donors (Lipinski definition) is 3. The molecule has 0 fully saturated rings. The van der Waals surface area contributed by atoms with Gasteiger partial charge in [-0.1, -0.05) is 48.5 Å². The molecule has 0 aliphatic carbocycles. The number of benzene rings is 2. The van der Waals surface area contributed by atoms with Crippen molar-refractivity contribution in [3.63, 3.8) is 0 Å². The van der Waals surface area contributed by atoms with Crippen LogP contribution >= 0.6 is 0 Å². The molecule has 4 N–H and O–H groups in total. The molecule has 0 spiro atoms. The highest BCUT2D eigenvalue weighted by Gasteiger charge is 2.21. The molecule has 25 heavy (non-hydrogen) atoms. The summed E-state index contributed by atoms with van der Waals surface area (Å²) in [4.78, 5) is 12.5. The summed E-state index contributed by atoms with van der Waals surface area (Å²) in [6, 6.07) is 16.8. The van der Waals surface area contributed by atoms with Crippen LogP contribution in [-0.2, 0) is 12.8 Å². The zero-order valence-electron chi connectivity index (χ0n) is 15.2. The van der Waals surface area contributed by atoms with Gasteiger partial charge in [0.05, 0.1) is 6.10 Å². The Morgan fingerprint density at radius 2 is 1.64 bits per heavy atom. The van der Waals surface area contributed by atoms with Gasteiger partial charge in [-0.05, 0) is 44.4 Å². The summed E-state index contributed by atoms with van der Waals surface area (Å²) in [5.41, 5.74) is 8.34. The SMILES string of the molecule is CC(C)(C)NC(=O)c1ccccc1C[C@@H](O)[C@@H](N)Cc1ccccc1. The summed E-state index contributed by atoms with van der Waals surface area (Å²) >= 11 is 0. The average Bonchev–Trinajstić information content (AvgIpc) is 2.54. The Morgan fingerprint density at radius 1 is 1.04 bits per heavy atom. The van der Waals surface area contributed by atoms with E-state index in [0.717, 1.165) is 11.1 Å². The van der Waals surface area contributed by atoms with E-state index in [4.69, 9.17) is 5.73 Å². The van der Waals surface area contributed by atoms with Crippen molar-refractivity contribution < 1.29 is 9.90 Å². The van der Waals surface area contributed by atoms with Crippen LogP contribution in [0.25, 0.3) is 0 Å². The van der Waals surface area contributed by atoms with Crippen molar-refractivity contribution in [3.8, 4) is 0 Å². The highest BCUT2D eigenvalue weighted by Crippen LogP contribution is 2.15. The summed E-state index contributed by atoms with van der Waals surface area (Å²) in [7, 11) is 0. The molecule has 0 radical (unpaired) electrons. The lowest BCUT2D eigenvalue weighted by molar-refractivity contribution is 0.0917. The van der Waals surface area contributed by atoms with Crippen molar-refractivity contribution in [3.05, 3.63) is 71.3 Å². The normalized spacial score (nSPS) is 14.0. The molecule has 0 heterocycles. The summed E-state index contributed by atoms with van der Waals surface area (Å²) in [5.74, 6) is -0.132. The molecule has 0 saturated heterocycles. The molecule has 2 aromatic carbocycles. The van der Waals surface area contributed by atoms with Crippen LogP contribution in [0.1, 0.15) is 42.3 Å². The number of carbonyl (C=O) groups excluding carboxylic acids is 1. The van der Waals surface area contributed by atoms with Crippen molar-refractivity contribution in [2.45, 2.75) is 51.3 Å². The van der Waals surface area contributed by atoms with E-state index in [1.807, 2.05) is 69.3 Å². The number of carbonyl (C=O) groups is 1. The van der Waals surface area contributed by atoms with E-state index in [1.165, 1.54) is 0 Å². The van der Waals surface area contributed by atoms with Crippen LogP contribution in [0.5, 0.6) is 0 Å². The molecule has 4 nitrogen and oxygen atoms in total. The van der Waals surface area contributed by atoms with Gasteiger partial charge in [-0.25, -0.2) is 0 Å². The Balaban J connectivity index is 2.07. The molecule has 0 bridgehead atoms. The van der Waals surface area contributed by atoms with Crippen LogP contribution in [0.4, 0.5) is 0 Å². The zero-order valence-corrected chi connectivity index (χ0v) is 15.2. The van der Waals surface area contributed by atoms with Gasteiger partial charge in [0.1, 0.15) is 0 Å². The Kier molecular flexibility index (Phi) is 6.34. The van der Waals surface area contributed by atoms with Gasteiger partial charge < -0.3 is 16.2 Å². The van der Waals surface area contributed by atoms with E-state index in [1.54, 1.807) is 6.07 Å². The second-order valence-electron chi connectivity index (χ2n) is 7.49. The van der Waals surface area contributed by atoms with Gasteiger partial charge in [0.15, 0.2) is 0 Å². The first-order valence-corrected chi connectivity index (χ1v) is 8.64. The Hall–Kier alpha value is -2.17. The van der Waals surface area contributed by atoms with Gasteiger partial charge >= 0.3 is 0 Å². The van der Waals surface area contributed by atoms with Crippen molar-refractivity contribution in [2.24, 2.45) is 5.73 Å². The highest BCUT2D eigenvalue weighted by molar-refractivity contribution is 5.96. The van der Waals surface area contributed by atoms with Crippen molar-refractivity contribution >= 4 is 5.91 Å². The first-order valence-electron chi connectivity index (χ1n) is 8.64. The molecule has 0 saturated carbocycles. The minimum Gasteiger partial charge on any atom is -0.391 e. The smallest absolute Gasteiger partial charge is 0.251 e. The third-order valence-corrected chi connectivity index (χ3v) is 3.99. The van der Waals surface area contributed by atoms with Gasteiger partial charge in [-0.3, -0.25) is 4.79 Å². The van der Waals surface area contributed by atoms with Crippen LogP contribution in [0.3, 0.4) is 0 Å². The number of amides is 1. The number of aliphatic hydroxyl groups excluding tert-OH is 1. The van der Waals surface area contributed by atoms with Gasteiger partial charge in [0, 0.05) is 23.6 Å². The quantitative estimate of drug-likeness (QED) is 0.757. The van der Waals surface area contributed by atoms with Crippen molar-refractivity contribution in [1.82, 2.24) is 5.32 Å². The van der Waals surface area contributed by atoms with Gasteiger partial charge in [0.2, 0.25) is 0 Å². The maximum Gasteiger partial charge on any atom is 0.251 e. The maximum atomic E-state index is 12.5. The number of aliphatic hydroxyl groups is 1. The van der Waals surface area contributed by atoms with Crippen molar-refractivity contribution in [2.75, 3.05) is 0 Å². The fourth-order valence-electron chi connectivity index (χ4n) is 2.73. The van der Waals surface area contributed by atoms with E-state index in [-0.39, 0.29) is 17.5 Å². The molecule has 1 amide bonds. The Labute approximate surface area is 150 Å². The maximum absolute atomic E-state index is 12.5. The molecule has 0 aromatic heterocycles. The molecule has 0 unspecified atom stereocenters. The lowest BCUT2D eigenvalue weighted by atomic mass is 9.94. The number of nitrogens with two attached hydrogens (primary N) is 1. The molecule has 4 heteroatoms. The minimum absolute atomic E-state index is 0.132. The predicted octanol–water partition coefficient (Wildman–Crippen LogP) is 2.69. The molecule has 2 rings (SSSR count). The zero-order chi connectivity index (χ0) is 18.4. The molecule has 2 aromatic rings. The number of hydrogen-bond acceptors (Lipinski definition) is 3. The van der Waals surface area contributed by atoms with Crippen LogP contribution in [0, 0.1) is 0 Å². The third-order valence-electron chi connectivity index (χ3n) is 3.99. The number of rotatable bonds is 6. The van der Waals surface area contributed by atoms with E-state index in [9.17, 15) is 9.90 Å². The summed E-state index contributed by atoms with van der Waals surface area (Å²) < 4.78 is 0. The van der Waals surface area contributed by atoms with Gasteiger partial charge in [-0.15, -0.1) is 0 Å². The largest absolute Gasteiger partial charge is 0.391 e. The predicted molar refractivity (Wildman–Crippen MR) is 101 cm³/mol. The van der Waals surface area contributed by atoms with Crippen LogP contribution < -0.4 is 11.1 Å². The minimum atomic E-state index is -0.719. The second-order valence-corrected chi connectivity index (χ2v) is 7.49. The summed E-state index contributed by atoms with van der Waals surface area (Å²) in [6.45, 7) is 5.83. The fraction of sp³-hybridized carbons (Fsp3) is 0.381. The van der Waals surface area contributed by atoms with E-state index in [0.29, 0.717) is 18.4 Å². The Morgan fingerprint density at radius 3 is 2.28 bits per heavy atom. The Bertz CT molecular complexity index is 693. The van der Waals surface area contributed by atoms with Crippen LogP contribution in [0.15, 0.2) is 54.6 Å². The van der Waals surface area contributed by atoms with E-state index < -0.39 is 6.10 Å². The lowest BCUT2D eigenvalue weighted by Crippen LogP contribution is -2.41. The molecule has 134 valence electrons. The molecular weight excluding hydrogens is 312 g/mol. The molecular formula is C21H28N2O2. The average molecular weight is 340 g/mol. The monoisotopic (exact) mass is 340 g/mol. The fourth-order valence-corrected chi connectivity index (χ4v) is 2.73. The standard InChI is InChI=1S/C21H28N2O2/c1-21(2,3)23-20(25)17-12-8-7-11-16(17)14-19(24)18(22)13-15-9-5-4-6-10-15/h4-12,18-19,24H,13-14,22H2,1-3H3,(H,23,25)/t18-,19+/m0/s1. The van der Waals surface area contributed by atoms with Crippen LogP contribution in [0.2, 0.25) is 0 Å². The van der Waals surface area contributed by atoms with E-state index >= 15 is 0 Å². The van der Waals surface area contributed by atoms with E-state index in [2.05, 4.69) is 5.32 Å². The molecule has 0 aliphatic rings. The second kappa shape index (κ2) is 8.28. The number of nitrogens with one attached hydrogen (secondary N) is 1. The first-order chi connectivity index (χ1) is 11.8. The topological polar surface area (TPSA) is 75.3 Å². The summed E-state index contributed by atoms with van der Waals surface area (Å²) in [6.07, 6.45) is 0.226. The molecule has 2 atom stereocenters. The first kappa shape index (κ1) is 19.2. The third kappa shape index (κ3) is 6.00. The van der Waals surface area contributed by atoms with Gasteiger partial charge in [0.25, 0.3) is 5.91 Å². The lowest BCUT2D eigenvalue weighted by Gasteiger charge is -2.23. The molecule has 0 aliphatic heterocycles. The van der Waals surface area contributed by atoms with Gasteiger partial charge in [-0.2, -0.15) is 0 Å². The van der Waals surface area contributed by atoms with Crippen molar-refractivity contribution in [1.29, 1.82) is 0 Å². The van der Waals surface area contributed by atoms with Crippen LogP contribution in [-0.4, -0.2) is 28.7 Å². The summed E-state index contributed by atoms with van der Waals surface area (Å²) in [5, 5.41) is 13.5.